The number of benzene rings is 1. The number of halogens is 1. The van der Waals surface area contributed by atoms with Crippen molar-refractivity contribution in [1.82, 2.24) is 0 Å². The van der Waals surface area contributed by atoms with Crippen LogP contribution in [-0.2, 0) is 0 Å². The maximum Gasteiger partial charge on any atom is 0.335 e. The van der Waals surface area contributed by atoms with Crippen molar-refractivity contribution >= 4 is 39.3 Å². The zero-order chi connectivity index (χ0) is 12.8. The van der Waals surface area contributed by atoms with Gasteiger partial charge in [0.25, 0.3) is 0 Å². The quantitative estimate of drug-likeness (QED) is 0.840. The molecule has 0 fully saturated rings. The molecule has 0 aromatic heterocycles. The van der Waals surface area contributed by atoms with Gasteiger partial charge in [-0.25, -0.2) is 4.79 Å². The second-order valence-electron chi connectivity index (χ2n) is 3.74. The molecule has 0 aliphatic carbocycles. The Morgan fingerprint density at radius 3 is 2.76 bits per heavy atom. The van der Waals surface area contributed by atoms with Crippen molar-refractivity contribution in [2.45, 2.75) is 19.4 Å². The SMILES string of the molecule is CCC(CSC)Nc1cc(Br)cc(C(=O)O)c1. The summed E-state index contributed by atoms with van der Waals surface area (Å²) in [5.41, 5.74) is 1.14. The van der Waals surface area contributed by atoms with Crippen molar-refractivity contribution in [2.75, 3.05) is 17.3 Å². The Balaban J connectivity index is 2.86. The minimum Gasteiger partial charge on any atom is -0.478 e. The van der Waals surface area contributed by atoms with E-state index in [2.05, 4.69) is 34.4 Å². The molecule has 1 rings (SSSR count). The average molecular weight is 318 g/mol. The van der Waals surface area contributed by atoms with Crippen LogP contribution in [0.5, 0.6) is 0 Å². The van der Waals surface area contributed by atoms with Crippen LogP contribution in [0.15, 0.2) is 22.7 Å². The van der Waals surface area contributed by atoms with E-state index >= 15 is 0 Å². The molecule has 0 spiro atoms. The molecular formula is C12H16BrNO2S. The third-order valence-corrected chi connectivity index (χ3v) is 3.57. The van der Waals surface area contributed by atoms with Gasteiger partial charge in [-0.05, 0) is 30.9 Å². The van der Waals surface area contributed by atoms with E-state index in [-0.39, 0.29) is 0 Å². The molecule has 1 atom stereocenters. The average Bonchev–Trinajstić information content (AvgIpc) is 2.27. The number of carboxylic acids is 1. The molecule has 0 aliphatic heterocycles. The highest BCUT2D eigenvalue weighted by Gasteiger charge is 2.09. The summed E-state index contributed by atoms with van der Waals surface area (Å²) in [5.74, 6) is 0.0954. The fourth-order valence-corrected chi connectivity index (χ4v) is 2.71. The summed E-state index contributed by atoms with van der Waals surface area (Å²) < 4.78 is 0.777. The van der Waals surface area contributed by atoms with E-state index in [1.807, 2.05) is 6.07 Å². The molecule has 0 saturated heterocycles. The molecule has 1 aromatic carbocycles. The van der Waals surface area contributed by atoms with Gasteiger partial charge in [0.2, 0.25) is 0 Å². The van der Waals surface area contributed by atoms with E-state index in [1.165, 1.54) is 0 Å². The smallest absolute Gasteiger partial charge is 0.335 e. The van der Waals surface area contributed by atoms with E-state index in [9.17, 15) is 4.79 Å². The second kappa shape index (κ2) is 6.91. The van der Waals surface area contributed by atoms with Gasteiger partial charge in [-0.1, -0.05) is 22.9 Å². The molecular weight excluding hydrogens is 302 g/mol. The molecule has 0 bridgehead atoms. The van der Waals surface area contributed by atoms with Gasteiger partial charge in [-0.15, -0.1) is 0 Å². The number of carbonyl (C=O) groups is 1. The van der Waals surface area contributed by atoms with E-state index in [0.29, 0.717) is 11.6 Å². The normalized spacial score (nSPS) is 12.2. The summed E-state index contributed by atoms with van der Waals surface area (Å²) in [6, 6.07) is 5.52. The zero-order valence-electron chi connectivity index (χ0n) is 9.87. The number of anilines is 1. The van der Waals surface area contributed by atoms with Crippen LogP contribution >= 0.6 is 27.7 Å². The summed E-state index contributed by atoms with van der Waals surface area (Å²) in [6.07, 6.45) is 3.07. The molecule has 2 N–H and O–H groups in total. The van der Waals surface area contributed by atoms with Crippen LogP contribution < -0.4 is 5.32 Å². The van der Waals surface area contributed by atoms with Crippen LogP contribution in [0.3, 0.4) is 0 Å². The lowest BCUT2D eigenvalue weighted by Crippen LogP contribution is -2.21. The van der Waals surface area contributed by atoms with E-state index in [4.69, 9.17) is 5.11 Å². The first kappa shape index (κ1) is 14.4. The number of aromatic carboxylic acids is 1. The third-order valence-electron chi connectivity index (χ3n) is 2.38. The molecule has 0 heterocycles. The summed E-state index contributed by atoms with van der Waals surface area (Å²) in [7, 11) is 0. The van der Waals surface area contributed by atoms with Crippen molar-refractivity contribution in [2.24, 2.45) is 0 Å². The Labute approximate surface area is 114 Å². The fourth-order valence-electron chi connectivity index (χ4n) is 1.49. The van der Waals surface area contributed by atoms with E-state index in [0.717, 1.165) is 22.3 Å². The van der Waals surface area contributed by atoms with Crippen LogP contribution in [0.25, 0.3) is 0 Å². The first-order valence-electron chi connectivity index (χ1n) is 5.36. The van der Waals surface area contributed by atoms with Crippen molar-refractivity contribution in [3.63, 3.8) is 0 Å². The first-order chi connectivity index (χ1) is 8.06. The number of nitrogens with one attached hydrogen (secondary N) is 1. The highest BCUT2D eigenvalue weighted by atomic mass is 79.9. The molecule has 3 nitrogen and oxygen atoms in total. The highest BCUT2D eigenvalue weighted by molar-refractivity contribution is 9.10. The summed E-state index contributed by atoms with van der Waals surface area (Å²) in [6.45, 7) is 2.12. The van der Waals surface area contributed by atoms with Crippen LogP contribution in [0.2, 0.25) is 0 Å². The van der Waals surface area contributed by atoms with Gasteiger partial charge in [0.1, 0.15) is 0 Å². The molecule has 0 radical (unpaired) electrons. The van der Waals surface area contributed by atoms with Crippen LogP contribution in [0, 0.1) is 0 Å². The molecule has 94 valence electrons. The Hall–Kier alpha value is -0.680. The van der Waals surface area contributed by atoms with Crippen LogP contribution in [0.4, 0.5) is 5.69 Å². The van der Waals surface area contributed by atoms with Crippen LogP contribution in [-0.4, -0.2) is 29.1 Å². The van der Waals surface area contributed by atoms with Crippen molar-refractivity contribution < 1.29 is 9.90 Å². The standard InChI is InChI=1S/C12H16BrNO2S/c1-3-10(7-17-2)14-11-5-8(12(15)16)4-9(13)6-11/h4-6,10,14H,3,7H2,1-2H3,(H,15,16). The predicted octanol–water partition coefficient (Wildman–Crippen LogP) is 3.70. The van der Waals surface area contributed by atoms with E-state index < -0.39 is 5.97 Å². The Morgan fingerprint density at radius 2 is 2.24 bits per heavy atom. The maximum atomic E-state index is 10.9. The summed E-state index contributed by atoms with van der Waals surface area (Å²) >= 11 is 5.10. The van der Waals surface area contributed by atoms with Crippen molar-refractivity contribution in [3.8, 4) is 0 Å². The lowest BCUT2D eigenvalue weighted by Gasteiger charge is -2.17. The largest absolute Gasteiger partial charge is 0.478 e. The van der Waals surface area contributed by atoms with Gasteiger partial charge < -0.3 is 10.4 Å². The topological polar surface area (TPSA) is 49.3 Å². The first-order valence-corrected chi connectivity index (χ1v) is 7.54. The van der Waals surface area contributed by atoms with Gasteiger partial charge in [0.05, 0.1) is 5.56 Å². The van der Waals surface area contributed by atoms with Crippen molar-refractivity contribution in [3.05, 3.63) is 28.2 Å². The Morgan fingerprint density at radius 1 is 1.53 bits per heavy atom. The number of carboxylic acid groups (broad SMARTS) is 1. The monoisotopic (exact) mass is 317 g/mol. The van der Waals surface area contributed by atoms with Crippen molar-refractivity contribution in [1.29, 1.82) is 0 Å². The van der Waals surface area contributed by atoms with Gasteiger partial charge in [-0.3, -0.25) is 0 Å². The summed E-state index contributed by atoms with van der Waals surface area (Å²) in [5, 5.41) is 12.3. The van der Waals surface area contributed by atoms with Gasteiger partial charge in [0.15, 0.2) is 0 Å². The molecule has 0 amide bonds. The van der Waals surface area contributed by atoms with Crippen LogP contribution in [0.1, 0.15) is 23.7 Å². The highest BCUT2D eigenvalue weighted by Crippen LogP contribution is 2.21. The molecule has 0 saturated carbocycles. The Kier molecular flexibility index (Phi) is 5.85. The predicted molar refractivity (Wildman–Crippen MR) is 77.2 cm³/mol. The van der Waals surface area contributed by atoms with E-state index in [1.54, 1.807) is 23.9 Å². The second-order valence-corrected chi connectivity index (χ2v) is 5.56. The third kappa shape index (κ3) is 4.60. The molecule has 17 heavy (non-hydrogen) atoms. The molecule has 1 aromatic rings. The number of hydrogen-bond acceptors (Lipinski definition) is 3. The lowest BCUT2D eigenvalue weighted by atomic mass is 10.2. The summed E-state index contributed by atoms with van der Waals surface area (Å²) in [4.78, 5) is 10.9. The fraction of sp³-hybridized carbons (Fsp3) is 0.417. The minimum absolute atomic E-state index is 0.292. The van der Waals surface area contributed by atoms with Gasteiger partial charge >= 0.3 is 5.97 Å². The molecule has 5 heteroatoms. The maximum absolute atomic E-state index is 10.9. The molecule has 1 unspecified atom stereocenters. The number of hydrogen-bond donors (Lipinski definition) is 2. The lowest BCUT2D eigenvalue weighted by molar-refractivity contribution is 0.0697. The number of thioether (sulfide) groups is 1. The number of rotatable bonds is 6. The zero-order valence-corrected chi connectivity index (χ0v) is 12.3. The van der Waals surface area contributed by atoms with Gasteiger partial charge in [0, 0.05) is 22.0 Å². The van der Waals surface area contributed by atoms with Gasteiger partial charge in [-0.2, -0.15) is 11.8 Å². The molecule has 0 aliphatic rings. The Bertz CT molecular complexity index is 398. The minimum atomic E-state index is -0.910.